The Morgan fingerprint density at radius 1 is 0.930 bits per heavy atom. The number of alkyl halides is 6. The molecule has 1 aromatic carbocycles. The molecule has 0 aliphatic carbocycles. The van der Waals surface area contributed by atoms with E-state index in [0.717, 1.165) is 48.4 Å². The van der Waals surface area contributed by atoms with Gasteiger partial charge in [-0.2, -0.15) is 31.6 Å². The molecule has 2 aromatic heterocycles. The number of hydrogen-bond acceptors (Lipinski definition) is 7. The zero-order chi connectivity index (χ0) is 32.4. The molecule has 16 heteroatoms. The molecule has 1 amide bonds. The second-order valence-electron chi connectivity index (χ2n) is 8.97. The third kappa shape index (κ3) is 10.7. The minimum Gasteiger partial charge on any atom is -0.475 e. The van der Waals surface area contributed by atoms with Crippen LogP contribution in [0.15, 0.2) is 59.3 Å². The number of aliphatic carboxylic acids is 2. The van der Waals surface area contributed by atoms with E-state index in [2.05, 4.69) is 28.2 Å². The number of pyridine rings is 1. The van der Waals surface area contributed by atoms with Crippen molar-refractivity contribution in [2.75, 3.05) is 23.3 Å². The molecule has 1 saturated heterocycles. The molecule has 1 aliphatic rings. The number of carbonyl (C=O) groups excluding carboxylic acids is 1. The largest absolute Gasteiger partial charge is 0.490 e. The van der Waals surface area contributed by atoms with Gasteiger partial charge in [0.15, 0.2) is 5.76 Å². The highest BCUT2D eigenvalue weighted by molar-refractivity contribution is 6.04. The number of furan rings is 1. The summed E-state index contributed by atoms with van der Waals surface area (Å²) in [5.74, 6) is -4.93. The van der Waals surface area contributed by atoms with E-state index >= 15 is 0 Å². The summed E-state index contributed by atoms with van der Waals surface area (Å²) < 4.78 is 68.7. The molecule has 4 rings (SSSR count). The minimum atomic E-state index is -5.08. The zero-order valence-corrected chi connectivity index (χ0v) is 22.2. The van der Waals surface area contributed by atoms with Crippen LogP contribution in [-0.4, -0.2) is 58.5 Å². The number of piperidine rings is 1. The number of nitrogens with zero attached hydrogens (tertiary/aromatic N) is 3. The van der Waals surface area contributed by atoms with Crippen molar-refractivity contribution in [1.82, 2.24) is 4.98 Å². The third-order valence-electron chi connectivity index (χ3n) is 5.81. The van der Waals surface area contributed by atoms with E-state index in [1.165, 1.54) is 12.1 Å². The maximum atomic E-state index is 12.6. The van der Waals surface area contributed by atoms with E-state index in [1.807, 2.05) is 30.3 Å². The molecule has 230 valence electrons. The Labute approximate surface area is 240 Å². The molecule has 3 N–H and O–H groups in total. The molecule has 0 spiro atoms. The molecule has 0 unspecified atom stereocenters. The van der Waals surface area contributed by atoms with Crippen molar-refractivity contribution >= 4 is 29.2 Å². The lowest BCUT2D eigenvalue weighted by Crippen LogP contribution is -2.33. The first kappa shape index (κ1) is 34.1. The number of anilines is 2. The van der Waals surface area contributed by atoms with Crippen molar-refractivity contribution in [2.45, 2.75) is 32.1 Å². The molecule has 10 nitrogen and oxygen atoms in total. The van der Waals surface area contributed by atoms with Gasteiger partial charge < -0.3 is 24.8 Å². The molecule has 1 fully saturated rings. The van der Waals surface area contributed by atoms with Gasteiger partial charge in [-0.1, -0.05) is 13.0 Å². The summed E-state index contributed by atoms with van der Waals surface area (Å²) in [6.45, 7) is 4.17. The van der Waals surface area contributed by atoms with E-state index in [0.29, 0.717) is 5.92 Å². The van der Waals surface area contributed by atoms with Crippen LogP contribution in [0.25, 0.3) is 11.1 Å². The number of rotatable bonds is 4. The van der Waals surface area contributed by atoms with Gasteiger partial charge in [0.2, 0.25) is 5.76 Å². The van der Waals surface area contributed by atoms with Crippen LogP contribution in [0.1, 0.15) is 36.1 Å². The van der Waals surface area contributed by atoms with Crippen molar-refractivity contribution < 1.29 is 55.4 Å². The lowest BCUT2D eigenvalue weighted by Gasteiger charge is -2.33. The predicted octanol–water partition coefficient (Wildman–Crippen LogP) is 5.97. The highest BCUT2D eigenvalue weighted by Gasteiger charge is 2.38. The van der Waals surface area contributed by atoms with Crippen molar-refractivity contribution in [3.05, 3.63) is 66.4 Å². The van der Waals surface area contributed by atoms with Crippen LogP contribution in [0.5, 0.6) is 0 Å². The fourth-order valence-electron chi connectivity index (χ4n) is 3.58. The van der Waals surface area contributed by atoms with E-state index in [9.17, 15) is 31.1 Å². The fourth-order valence-corrected chi connectivity index (χ4v) is 3.58. The van der Waals surface area contributed by atoms with Crippen molar-refractivity contribution in [1.29, 1.82) is 5.26 Å². The number of benzene rings is 1. The topological polar surface area (TPSA) is 157 Å². The first-order valence-electron chi connectivity index (χ1n) is 12.2. The summed E-state index contributed by atoms with van der Waals surface area (Å²) in [7, 11) is 0. The van der Waals surface area contributed by atoms with Crippen LogP contribution in [0.4, 0.5) is 37.7 Å². The molecule has 0 radical (unpaired) electrons. The number of carboxylic acid groups (broad SMARTS) is 2. The molecule has 43 heavy (non-hydrogen) atoms. The summed E-state index contributed by atoms with van der Waals surface area (Å²) >= 11 is 0. The third-order valence-corrected chi connectivity index (χ3v) is 5.81. The fraction of sp³-hybridized carbons (Fsp3) is 0.296. The van der Waals surface area contributed by atoms with Crippen LogP contribution >= 0.6 is 0 Å². The van der Waals surface area contributed by atoms with Crippen molar-refractivity contribution in [3.63, 3.8) is 0 Å². The van der Waals surface area contributed by atoms with Gasteiger partial charge in [-0.05, 0) is 66.3 Å². The second-order valence-corrected chi connectivity index (χ2v) is 8.97. The molecule has 0 bridgehead atoms. The number of carboxylic acids is 2. The smallest absolute Gasteiger partial charge is 0.475 e. The van der Waals surface area contributed by atoms with Crippen molar-refractivity contribution in [2.24, 2.45) is 5.92 Å². The number of amides is 1. The summed E-state index contributed by atoms with van der Waals surface area (Å²) in [5.41, 5.74) is 3.88. The number of nitriles is 1. The van der Waals surface area contributed by atoms with E-state index < -0.39 is 24.3 Å². The van der Waals surface area contributed by atoms with Gasteiger partial charge in [-0.15, -0.1) is 0 Å². The molecule has 3 aromatic rings. The van der Waals surface area contributed by atoms with E-state index in [-0.39, 0.29) is 17.4 Å². The van der Waals surface area contributed by atoms with Crippen LogP contribution in [0, 0.1) is 17.2 Å². The average Bonchev–Trinajstić information content (AvgIpc) is 3.44. The van der Waals surface area contributed by atoms with Crippen LogP contribution in [-0.2, 0) is 9.59 Å². The van der Waals surface area contributed by atoms with E-state index in [4.69, 9.17) is 29.5 Å². The van der Waals surface area contributed by atoms with Gasteiger partial charge in [0, 0.05) is 25.5 Å². The standard InChI is InChI=1S/C23H22N4O2.2C2HF3O2/c1-16-8-12-27(13-9-16)21-14-18(17-6-10-25-11-7-17)2-4-20(21)26-23(28)22-5-3-19(15-24)29-22;2*3-2(4,5)1(6)7/h2-7,10-11,14,16H,8-9,12-13H2,1H3,(H,26,28);2*(H,6,7). The van der Waals surface area contributed by atoms with Crippen LogP contribution in [0.3, 0.4) is 0 Å². The quantitative estimate of drug-likeness (QED) is 0.301. The predicted molar refractivity (Wildman–Crippen MR) is 139 cm³/mol. The Kier molecular flexibility index (Phi) is 11.7. The maximum Gasteiger partial charge on any atom is 0.490 e. The molecule has 3 heterocycles. The Bertz CT molecular complexity index is 1420. The second kappa shape index (κ2) is 14.7. The lowest BCUT2D eigenvalue weighted by atomic mass is 9.97. The lowest BCUT2D eigenvalue weighted by molar-refractivity contribution is -0.193. The van der Waals surface area contributed by atoms with Crippen LogP contribution < -0.4 is 10.2 Å². The first-order valence-corrected chi connectivity index (χ1v) is 12.2. The van der Waals surface area contributed by atoms with Crippen molar-refractivity contribution in [3.8, 4) is 17.2 Å². The SMILES string of the molecule is CC1CCN(c2cc(-c3ccncc3)ccc2NC(=O)c2ccc(C#N)o2)CC1.O=C(O)C(F)(F)F.O=C(O)C(F)(F)F. The number of carbonyl (C=O) groups is 3. The summed E-state index contributed by atoms with van der Waals surface area (Å²) in [6.07, 6.45) is -4.37. The Morgan fingerprint density at radius 3 is 1.93 bits per heavy atom. The van der Waals surface area contributed by atoms with Gasteiger partial charge in [0.05, 0.1) is 11.4 Å². The number of aromatic nitrogens is 1. The molecule has 1 aliphatic heterocycles. The Hall–Kier alpha value is -5.07. The summed E-state index contributed by atoms with van der Waals surface area (Å²) in [4.78, 5) is 36.8. The van der Waals surface area contributed by atoms with Gasteiger partial charge >= 0.3 is 24.3 Å². The van der Waals surface area contributed by atoms with E-state index in [1.54, 1.807) is 12.4 Å². The Morgan fingerprint density at radius 2 is 1.47 bits per heavy atom. The van der Waals surface area contributed by atoms with Gasteiger partial charge in [0.25, 0.3) is 5.91 Å². The minimum absolute atomic E-state index is 0.119. The summed E-state index contributed by atoms with van der Waals surface area (Å²) in [6, 6.07) is 14.9. The Balaban J connectivity index is 0.000000384. The molecule has 0 saturated carbocycles. The van der Waals surface area contributed by atoms with Gasteiger partial charge in [0.1, 0.15) is 6.07 Å². The number of hydrogen-bond donors (Lipinski definition) is 3. The average molecular weight is 614 g/mol. The van der Waals surface area contributed by atoms with Gasteiger partial charge in [-0.3, -0.25) is 9.78 Å². The molecular formula is C27H24F6N4O6. The monoisotopic (exact) mass is 614 g/mol. The van der Waals surface area contributed by atoms with Gasteiger partial charge in [-0.25, -0.2) is 9.59 Å². The number of halogens is 6. The van der Waals surface area contributed by atoms with Crippen LogP contribution in [0.2, 0.25) is 0 Å². The first-order chi connectivity index (χ1) is 20.0. The molecular weight excluding hydrogens is 590 g/mol. The maximum absolute atomic E-state index is 12.6. The zero-order valence-electron chi connectivity index (χ0n) is 22.2. The molecule has 0 atom stereocenters. The summed E-state index contributed by atoms with van der Waals surface area (Å²) in [5, 5.41) is 26.1. The number of nitrogens with one attached hydrogen (secondary N) is 1. The normalized spacial score (nSPS) is 13.4. The highest BCUT2D eigenvalue weighted by atomic mass is 19.4. The highest BCUT2D eigenvalue weighted by Crippen LogP contribution is 2.34.